The van der Waals surface area contributed by atoms with E-state index in [0.717, 1.165) is 0 Å². The van der Waals surface area contributed by atoms with Crippen molar-refractivity contribution in [1.82, 2.24) is 0 Å². The van der Waals surface area contributed by atoms with E-state index in [2.05, 4.69) is 0 Å². The molecule has 0 bridgehead atoms. The third-order valence-corrected chi connectivity index (χ3v) is 0. The van der Waals surface area contributed by atoms with E-state index >= 15 is 0 Å². The number of hydrogen-bond donors (Lipinski definition) is 0. The van der Waals surface area contributed by atoms with Gasteiger partial charge < -0.3 is 77.7 Å². The zero-order chi connectivity index (χ0) is 14.3. The van der Waals surface area contributed by atoms with Crippen molar-refractivity contribution in [3.63, 3.8) is 0 Å². The molecule has 0 rings (SSSR count). The van der Waals surface area contributed by atoms with Crippen LogP contribution in [0.1, 0.15) is 0 Å². The van der Waals surface area contributed by atoms with Gasteiger partial charge in [0.2, 0.25) is 0 Å². The summed E-state index contributed by atoms with van der Waals surface area (Å²) in [5, 5.41) is 59.0. The maximum absolute atomic E-state index is 8.25. The molecule has 0 amide bonds. The van der Waals surface area contributed by atoms with Crippen LogP contribution in [0.15, 0.2) is 0 Å². The second kappa shape index (κ2) is 50.1. The van der Waals surface area contributed by atoms with Crippen LogP contribution < -0.4 is 68.9 Å². The predicted molar refractivity (Wildman–Crippen MR) is 50.6 cm³/mol. The molecular formula is H5CsDyN4O15-. The summed E-state index contributed by atoms with van der Waals surface area (Å²) >= 11 is 0. The molecule has 0 saturated heterocycles. The summed E-state index contributed by atoms with van der Waals surface area (Å²) in [5.41, 5.74) is 0. The van der Waals surface area contributed by atoms with Crippen molar-refractivity contribution in [3.8, 4) is 0 Å². The summed E-state index contributed by atoms with van der Waals surface area (Å²) in [4.78, 5) is 33.0. The molecule has 0 aliphatic heterocycles. The van der Waals surface area contributed by atoms with Gasteiger partial charge in [0.15, 0.2) is 0 Å². The summed E-state index contributed by atoms with van der Waals surface area (Å²) in [5.74, 6) is 0. The minimum atomic E-state index is -1.75. The van der Waals surface area contributed by atoms with E-state index in [9.17, 15) is 0 Å². The molecule has 0 aromatic rings. The van der Waals surface area contributed by atoms with Gasteiger partial charge in [0.25, 0.3) is 0 Å². The molecule has 0 heterocycles. The fraction of sp³-hybridized carbons (Fsp3) is 0. The van der Waals surface area contributed by atoms with E-state index in [0.29, 0.717) is 0 Å². The first-order valence-corrected chi connectivity index (χ1v) is 2.19. The van der Waals surface area contributed by atoms with Crippen molar-refractivity contribution in [3.05, 3.63) is 61.3 Å². The average molecular weight is 596 g/mol. The van der Waals surface area contributed by atoms with Crippen LogP contribution in [-0.4, -0.2) is 36.8 Å². The number of rotatable bonds is 0. The molecule has 21 heteroatoms. The Morgan fingerprint density at radius 1 is 0.476 bits per heavy atom. The van der Waals surface area contributed by atoms with Gasteiger partial charge >= 0.3 is 107 Å². The summed E-state index contributed by atoms with van der Waals surface area (Å²) in [7, 11) is 0. The zero-order valence-corrected chi connectivity index (χ0v) is 17.8. The molecule has 0 fully saturated rings. The molecule has 0 saturated carbocycles. The predicted octanol–water partition coefficient (Wildman–Crippen LogP) is -5.78. The minimum absolute atomic E-state index is 0. The van der Waals surface area contributed by atoms with Gasteiger partial charge in [0.1, 0.15) is 0 Å². The first-order valence-electron chi connectivity index (χ1n) is 2.19. The molecule has 0 spiro atoms. The van der Waals surface area contributed by atoms with E-state index in [1.807, 2.05) is 0 Å². The second-order valence-electron chi connectivity index (χ2n) is 0.894. The van der Waals surface area contributed by atoms with Gasteiger partial charge in [0.05, 0.1) is 20.3 Å². The maximum Gasteiger partial charge on any atom is 3.00 e. The monoisotopic (exact) mass is 598 g/mol. The van der Waals surface area contributed by atoms with Gasteiger partial charge in [-0.2, -0.15) is 0 Å². The molecule has 5 N–H and O–H groups in total. The third kappa shape index (κ3) is 297000000. The summed E-state index contributed by atoms with van der Waals surface area (Å²) in [6.07, 6.45) is 0. The van der Waals surface area contributed by atoms with Gasteiger partial charge in [-0.25, -0.2) is 0 Å². The Morgan fingerprint density at radius 2 is 0.476 bits per heavy atom. The fourth-order valence-corrected chi connectivity index (χ4v) is 0. The molecule has 0 aromatic heterocycles. The van der Waals surface area contributed by atoms with Crippen molar-refractivity contribution < 1.29 is 144 Å². The Hall–Kier alpha value is 0.00468. The Kier molecular flexibility index (Phi) is 139. The zero-order valence-electron chi connectivity index (χ0n) is 9.45. The van der Waals surface area contributed by atoms with Crippen LogP contribution in [-0.2, 0) is 0 Å². The van der Waals surface area contributed by atoms with E-state index in [4.69, 9.17) is 61.3 Å². The summed E-state index contributed by atoms with van der Waals surface area (Å²) in [6.45, 7) is 0. The van der Waals surface area contributed by atoms with Crippen molar-refractivity contribution in [2.24, 2.45) is 0 Å². The third-order valence-electron chi connectivity index (χ3n) is 0. The SMILES string of the molecule is O.O.O=[N+]([O-])[O-].O=[N+]([O-])[O-].O=[N+]([O-])[O-].O=[N+]([O-])[O-].[Cs+].[Dy+3].[OH-]. The Morgan fingerprint density at radius 3 is 0.476 bits per heavy atom. The molecule has 0 atom stereocenters. The first kappa shape index (κ1) is 58.3. The van der Waals surface area contributed by atoms with Crippen molar-refractivity contribution in [2.45, 2.75) is 0 Å². The van der Waals surface area contributed by atoms with Gasteiger partial charge in [0, 0.05) is 0 Å². The minimum Gasteiger partial charge on any atom is -0.870 e. The fourth-order valence-electron chi connectivity index (χ4n) is 0. The quantitative estimate of drug-likeness (QED) is 0.186. The Bertz CT molecular complexity index is 166. The van der Waals surface area contributed by atoms with Crippen LogP contribution in [0.3, 0.4) is 0 Å². The van der Waals surface area contributed by atoms with Gasteiger partial charge in [-0.15, -0.1) is 0 Å². The van der Waals surface area contributed by atoms with Crippen LogP contribution in [0, 0.1) is 99.5 Å². The van der Waals surface area contributed by atoms with E-state index in [-0.39, 0.29) is 123 Å². The van der Waals surface area contributed by atoms with Crippen molar-refractivity contribution >= 4 is 0 Å². The average Bonchev–Trinajstić information content (AvgIpc) is 1.76. The van der Waals surface area contributed by atoms with Gasteiger partial charge in [-0.1, -0.05) is 0 Å². The topological polar surface area (TPSA) is 358 Å². The Labute approximate surface area is 201 Å². The second-order valence-corrected chi connectivity index (χ2v) is 0.894. The van der Waals surface area contributed by atoms with Gasteiger partial charge in [-0.3, -0.25) is 0 Å². The Balaban J connectivity index is -0.0000000121. The number of hydrogen-bond acceptors (Lipinski definition) is 13. The molecule has 19 nitrogen and oxygen atoms in total. The van der Waals surface area contributed by atoms with E-state index in [1.165, 1.54) is 0 Å². The van der Waals surface area contributed by atoms with Crippen molar-refractivity contribution in [1.29, 1.82) is 0 Å². The van der Waals surface area contributed by atoms with Crippen molar-refractivity contribution in [2.75, 3.05) is 0 Å². The molecule has 127 valence electrons. The van der Waals surface area contributed by atoms with Crippen LogP contribution >= 0.6 is 0 Å². The molecule has 0 aliphatic carbocycles. The first-order chi connectivity index (χ1) is 6.93. The largest absolute Gasteiger partial charge is 3.00 e. The standard InChI is InChI=1S/Cs.Dy.4NO3.3H2O/c;;4*2-1(3)4;;;/h;;;;;;3*1H2/q+1;+3;4*-1;;;/p-1. The van der Waals surface area contributed by atoms with E-state index < -0.39 is 20.3 Å². The number of nitrogens with zero attached hydrogens (tertiary/aromatic N) is 4. The van der Waals surface area contributed by atoms with Gasteiger partial charge in [-0.05, 0) is 0 Å². The molecule has 0 unspecified atom stereocenters. The van der Waals surface area contributed by atoms with E-state index in [1.54, 1.807) is 0 Å². The smallest absolute Gasteiger partial charge is 0.870 e. The summed E-state index contributed by atoms with van der Waals surface area (Å²) in [6, 6.07) is 0. The van der Waals surface area contributed by atoms with Crippen LogP contribution in [0.2, 0.25) is 0 Å². The maximum atomic E-state index is 8.25. The molecule has 1 radical (unpaired) electrons. The molecule has 0 aliphatic rings. The summed E-state index contributed by atoms with van der Waals surface area (Å²) < 4.78 is 0. The van der Waals surface area contributed by atoms with Crippen LogP contribution in [0.25, 0.3) is 0 Å². The van der Waals surface area contributed by atoms with Crippen LogP contribution in [0.4, 0.5) is 0 Å². The molecular weight excluding hydrogens is 591 g/mol. The molecule has 0 aromatic carbocycles. The normalized spacial score (nSPS) is 4.57. The molecule has 21 heavy (non-hydrogen) atoms. The van der Waals surface area contributed by atoms with Crippen LogP contribution in [0.5, 0.6) is 0 Å².